The molecule has 0 aliphatic heterocycles. The van der Waals surface area contributed by atoms with Gasteiger partial charge >= 0.3 is 0 Å². The zero-order valence-electron chi connectivity index (χ0n) is 19.0. The predicted molar refractivity (Wildman–Crippen MR) is 124 cm³/mol. The van der Waals surface area contributed by atoms with E-state index in [1.165, 1.54) is 0 Å². The zero-order chi connectivity index (χ0) is 21.6. The molecule has 1 heterocycles. The first kappa shape index (κ1) is 26.4. The van der Waals surface area contributed by atoms with Gasteiger partial charge in [-0.2, -0.15) is 0 Å². The summed E-state index contributed by atoms with van der Waals surface area (Å²) >= 11 is 0. The number of nitrogens with zero attached hydrogens (tertiary/aromatic N) is 1. The Kier molecular flexibility index (Phi) is 10.3. The second-order valence-corrected chi connectivity index (χ2v) is 8.79. The van der Waals surface area contributed by atoms with Gasteiger partial charge in [0.25, 0.3) is 5.56 Å². The minimum atomic E-state index is -0.689. The number of Topliss-reactive ketones (excluding diaryl/α,β-unsaturated/α-hetero) is 1. The van der Waals surface area contributed by atoms with E-state index in [9.17, 15) is 9.59 Å². The van der Waals surface area contributed by atoms with Gasteiger partial charge in [-0.3, -0.25) is 9.59 Å². The summed E-state index contributed by atoms with van der Waals surface area (Å²) in [5.74, 6) is 0.220. The number of ketones is 1. The van der Waals surface area contributed by atoms with E-state index in [4.69, 9.17) is 15.2 Å². The molecule has 6 nitrogen and oxygen atoms in total. The van der Waals surface area contributed by atoms with E-state index in [1.54, 1.807) is 16.7 Å². The van der Waals surface area contributed by atoms with E-state index in [0.29, 0.717) is 42.3 Å². The number of unbranched alkanes of at least 4 members (excludes halogenated alkanes) is 2. The smallest absolute Gasteiger partial charge is 0.259 e. The maximum Gasteiger partial charge on any atom is 0.259 e. The van der Waals surface area contributed by atoms with Crippen LogP contribution in [0.25, 0.3) is 6.08 Å². The largest absolute Gasteiger partial charge is 0.491 e. The normalized spacial score (nSPS) is 15.7. The molecule has 0 fully saturated rings. The first-order chi connectivity index (χ1) is 13.7. The van der Waals surface area contributed by atoms with Crippen LogP contribution in [-0.4, -0.2) is 29.7 Å². The number of nitrogens with two attached hydrogens (primary N) is 1. The average Bonchev–Trinajstić information content (AvgIpc) is 2.66. The zero-order valence-corrected chi connectivity index (χ0v) is 19.8. The molecule has 170 valence electrons. The van der Waals surface area contributed by atoms with Gasteiger partial charge in [0.1, 0.15) is 6.10 Å². The Morgan fingerprint density at radius 1 is 1.10 bits per heavy atom. The van der Waals surface area contributed by atoms with Crippen molar-refractivity contribution in [3.05, 3.63) is 33.3 Å². The number of aromatic nitrogens is 1. The molecule has 0 amide bonds. The summed E-state index contributed by atoms with van der Waals surface area (Å²) in [7, 11) is 0. The van der Waals surface area contributed by atoms with E-state index < -0.39 is 6.10 Å². The molecular formula is C23H37ClN2O4. The molecule has 2 N–H and O–H groups in total. The first-order valence-electron chi connectivity index (χ1n) is 10.7. The SMILES string of the molecule is CCCCOc1c2c(c(=O)n(CC(C)(C)C)c1CN)C=CC(OCCCC)C2=O.Cl. The summed E-state index contributed by atoms with van der Waals surface area (Å²) in [6.45, 7) is 11.9. The fourth-order valence-electron chi connectivity index (χ4n) is 3.38. The van der Waals surface area contributed by atoms with E-state index >= 15 is 0 Å². The fraction of sp³-hybridized carbons (Fsp3) is 0.652. The summed E-state index contributed by atoms with van der Waals surface area (Å²) < 4.78 is 13.5. The van der Waals surface area contributed by atoms with Crippen LogP contribution < -0.4 is 16.0 Å². The van der Waals surface area contributed by atoms with Crippen LogP contribution in [0.5, 0.6) is 5.75 Å². The third-order valence-electron chi connectivity index (χ3n) is 4.87. The van der Waals surface area contributed by atoms with E-state index in [2.05, 4.69) is 34.6 Å². The topological polar surface area (TPSA) is 83.6 Å². The molecule has 1 aromatic rings. The third-order valence-corrected chi connectivity index (χ3v) is 4.87. The molecular weight excluding hydrogens is 404 g/mol. The summed E-state index contributed by atoms with van der Waals surface area (Å²) in [4.78, 5) is 26.5. The Balaban J connectivity index is 0.00000450. The number of ether oxygens (including phenoxy) is 2. The maximum atomic E-state index is 13.3. The van der Waals surface area contributed by atoms with Gasteiger partial charge in [-0.25, -0.2) is 0 Å². The molecule has 0 aromatic carbocycles. The first-order valence-corrected chi connectivity index (χ1v) is 10.7. The Morgan fingerprint density at radius 3 is 2.30 bits per heavy atom. The Hall–Kier alpha value is -1.63. The van der Waals surface area contributed by atoms with E-state index in [1.807, 2.05) is 0 Å². The molecule has 1 aliphatic carbocycles. The number of hydrogen-bond acceptors (Lipinski definition) is 5. The van der Waals surface area contributed by atoms with Gasteiger partial charge in [0.15, 0.2) is 11.5 Å². The molecule has 1 unspecified atom stereocenters. The molecule has 2 rings (SSSR count). The summed E-state index contributed by atoms with van der Waals surface area (Å²) in [5.41, 5.74) is 7.00. The lowest BCUT2D eigenvalue weighted by Crippen LogP contribution is -2.37. The van der Waals surface area contributed by atoms with Crippen LogP contribution in [0, 0.1) is 5.41 Å². The summed E-state index contributed by atoms with van der Waals surface area (Å²) in [6, 6.07) is 0. The summed E-state index contributed by atoms with van der Waals surface area (Å²) in [5, 5.41) is 0. The van der Waals surface area contributed by atoms with Crippen molar-refractivity contribution in [1.29, 1.82) is 0 Å². The molecule has 0 spiro atoms. The van der Waals surface area contributed by atoms with E-state index in [0.717, 1.165) is 25.7 Å². The van der Waals surface area contributed by atoms with Crippen LogP contribution in [0.2, 0.25) is 0 Å². The number of rotatable bonds is 10. The highest BCUT2D eigenvalue weighted by Gasteiger charge is 2.33. The average molecular weight is 441 g/mol. The van der Waals surface area contributed by atoms with Crippen LogP contribution >= 0.6 is 12.4 Å². The Labute approximate surface area is 186 Å². The lowest BCUT2D eigenvalue weighted by Gasteiger charge is -2.28. The lowest BCUT2D eigenvalue weighted by atomic mass is 9.91. The number of fused-ring (bicyclic) bond motifs is 1. The monoisotopic (exact) mass is 440 g/mol. The third kappa shape index (κ3) is 6.19. The lowest BCUT2D eigenvalue weighted by molar-refractivity contribution is 0.0552. The van der Waals surface area contributed by atoms with Crippen molar-refractivity contribution in [3.63, 3.8) is 0 Å². The van der Waals surface area contributed by atoms with Gasteiger partial charge in [-0.1, -0.05) is 47.5 Å². The second kappa shape index (κ2) is 11.7. The van der Waals surface area contributed by atoms with Crippen LogP contribution in [-0.2, 0) is 17.8 Å². The van der Waals surface area contributed by atoms with Gasteiger partial charge in [-0.15, -0.1) is 12.4 Å². The van der Waals surface area contributed by atoms with Gasteiger partial charge in [-0.05, 0) is 30.4 Å². The standard InChI is InChI=1S/C23H36N2O4.ClH/c1-6-8-12-28-18-11-10-16-19(20(18)26)21(29-13-9-7-2)17(14-24)25(22(16)27)15-23(3,4)5;/h10-11,18H,6-9,12-15,24H2,1-5H3;1H. The van der Waals surface area contributed by atoms with Gasteiger partial charge < -0.3 is 19.8 Å². The van der Waals surface area contributed by atoms with Crippen molar-refractivity contribution in [3.8, 4) is 5.75 Å². The van der Waals surface area contributed by atoms with Crippen molar-refractivity contribution in [1.82, 2.24) is 4.57 Å². The predicted octanol–water partition coefficient (Wildman–Crippen LogP) is 4.35. The number of halogens is 1. The number of hydrogen-bond donors (Lipinski definition) is 1. The van der Waals surface area contributed by atoms with Crippen molar-refractivity contribution < 1.29 is 14.3 Å². The molecule has 0 saturated heterocycles. The quantitative estimate of drug-likeness (QED) is 0.547. The van der Waals surface area contributed by atoms with Gasteiger partial charge in [0.05, 0.1) is 23.4 Å². The van der Waals surface area contributed by atoms with Crippen LogP contribution in [0.3, 0.4) is 0 Å². The molecule has 0 radical (unpaired) electrons. The molecule has 0 saturated carbocycles. The molecule has 1 atom stereocenters. The minimum absolute atomic E-state index is 0. The Morgan fingerprint density at radius 2 is 1.73 bits per heavy atom. The minimum Gasteiger partial charge on any atom is -0.491 e. The van der Waals surface area contributed by atoms with Crippen LogP contribution in [0.15, 0.2) is 10.9 Å². The van der Waals surface area contributed by atoms with Crippen molar-refractivity contribution in [2.24, 2.45) is 11.1 Å². The van der Waals surface area contributed by atoms with Crippen LogP contribution in [0.1, 0.15) is 81.9 Å². The van der Waals surface area contributed by atoms with Gasteiger partial charge in [0, 0.05) is 19.7 Å². The van der Waals surface area contributed by atoms with Crippen molar-refractivity contribution in [2.75, 3.05) is 13.2 Å². The number of pyridine rings is 1. The van der Waals surface area contributed by atoms with Crippen LogP contribution in [0.4, 0.5) is 0 Å². The molecule has 7 heteroatoms. The maximum absolute atomic E-state index is 13.3. The molecule has 1 aliphatic rings. The second-order valence-electron chi connectivity index (χ2n) is 8.79. The van der Waals surface area contributed by atoms with Crippen molar-refractivity contribution >= 4 is 24.3 Å². The highest BCUT2D eigenvalue weighted by atomic mass is 35.5. The summed E-state index contributed by atoms with van der Waals surface area (Å²) in [6.07, 6.45) is 6.40. The number of carbonyl (C=O) groups excluding carboxylic acids is 1. The molecule has 1 aromatic heterocycles. The van der Waals surface area contributed by atoms with Crippen molar-refractivity contribution in [2.45, 2.75) is 79.5 Å². The fourth-order valence-corrected chi connectivity index (χ4v) is 3.38. The highest BCUT2D eigenvalue weighted by Crippen LogP contribution is 2.32. The Bertz CT molecular complexity index is 809. The molecule has 0 bridgehead atoms. The van der Waals surface area contributed by atoms with E-state index in [-0.39, 0.29) is 35.7 Å². The van der Waals surface area contributed by atoms with Gasteiger partial charge in [0.2, 0.25) is 0 Å². The number of carbonyl (C=O) groups is 1. The molecule has 30 heavy (non-hydrogen) atoms. The highest BCUT2D eigenvalue weighted by molar-refractivity contribution is 6.08.